The van der Waals surface area contributed by atoms with Crippen LogP contribution in [0.4, 0.5) is 10.1 Å². The third-order valence-corrected chi connectivity index (χ3v) is 5.79. The largest absolute Gasteiger partial charge is 0.454 e. The van der Waals surface area contributed by atoms with Gasteiger partial charge in [0.2, 0.25) is 6.79 Å². The van der Waals surface area contributed by atoms with Crippen LogP contribution in [0.25, 0.3) is 0 Å². The Hall–Kier alpha value is -3.37. The van der Waals surface area contributed by atoms with Gasteiger partial charge in [-0.1, -0.05) is 6.07 Å². The maximum absolute atomic E-state index is 13.3. The molecule has 0 spiro atoms. The molecule has 2 aliphatic heterocycles. The van der Waals surface area contributed by atoms with Crippen LogP contribution in [-0.2, 0) is 9.59 Å². The number of hydrogen-bond acceptors (Lipinski definition) is 7. The molecule has 0 radical (unpaired) electrons. The van der Waals surface area contributed by atoms with Crippen LogP contribution in [0.1, 0.15) is 11.6 Å². The number of aliphatic hydroxyl groups excluding tert-OH is 1. The van der Waals surface area contributed by atoms with Crippen molar-refractivity contribution in [3.8, 4) is 11.5 Å². The van der Waals surface area contributed by atoms with Crippen molar-refractivity contribution >= 4 is 17.5 Å². The zero-order chi connectivity index (χ0) is 23.2. The number of carbonyl (C=O) groups excluding carboxylic acids is 2. The minimum absolute atomic E-state index is 0.0171. The molecule has 0 bridgehead atoms. The molecule has 0 saturated carbocycles. The number of piperazine rings is 1. The molecule has 33 heavy (non-hydrogen) atoms. The van der Waals surface area contributed by atoms with Crippen LogP contribution in [0.5, 0.6) is 11.5 Å². The normalized spacial score (nSPS) is 16.4. The number of hydrogen-bond donors (Lipinski definition) is 3. The SMILES string of the molecule is O=C(NCCO)C(=O)NC[C@@H](c1ccc2c(c1)OCO2)N1CCN(c2ccc(F)cc2)CC1. The van der Waals surface area contributed by atoms with Gasteiger partial charge in [-0.2, -0.15) is 0 Å². The van der Waals surface area contributed by atoms with Gasteiger partial charge >= 0.3 is 11.8 Å². The number of nitrogens with zero attached hydrogens (tertiary/aromatic N) is 2. The number of benzene rings is 2. The number of anilines is 1. The molecule has 2 aromatic rings. The first-order chi connectivity index (χ1) is 16.0. The Morgan fingerprint density at radius 3 is 2.39 bits per heavy atom. The number of halogens is 1. The number of ether oxygens (including phenoxy) is 2. The lowest BCUT2D eigenvalue weighted by molar-refractivity contribution is -0.139. The van der Waals surface area contributed by atoms with Gasteiger partial charge in [-0.3, -0.25) is 14.5 Å². The fraction of sp³-hybridized carbons (Fsp3) is 0.391. The maximum atomic E-state index is 13.3. The van der Waals surface area contributed by atoms with Crippen molar-refractivity contribution in [2.75, 3.05) is 57.6 Å². The molecular weight excluding hydrogens is 431 g/mol. The lowest BCUT2D eigenvalue weighted by Crippen LogP contribution is -2.51. The highest BCUT2D eigenvalue weighted by Gasteiger charge is 2.28. The minimum atomic E-state index is -0.783. The second-order valence-electron chi connectivity index (χ2n) is 7.82. The third-order valence-electron chi connectivity index (χ3n) is 5.79. The van der Waals surface area contributed by atoms with E-state index in [2.05, 4.69) is 20.4 Å². The quantitative estimate of drug-likeness (QED) is 0.524. The number of fused-ring (bicyclic) bond motifs is 1. The first-order valence-corrected chi connectivity index (χ1v) is 10.9. The maximum Gasteiger partial charge on any atom is 0.309 e. The van der Waals surface area contributed by atoms with E-state index in [9.17, 15) is 14.0 Å². The Labute approximate surface area is 191 Å². The Bertz CT molecular complexity index is 979. The zero-order valence-electron chi connectivity index (χ0n) is 18.1. The van der Waals surface area contributed by atoms with Crippen molar-refractivity contribution in [3.05, 3.63) is 53.8 Å². The molecule has 1 atom stereocenters. The summed E-state index contributed by atoms with van der Waals surface area (Å²) in [4.78, 5) is 28.5. The fourth-order valence-corrected chi connectivity index (χ4v) is 4.04. The molecule has 2 heterocycles. The van der Waals surface area contributed by atoms with Gasteiger partial charge in [-0.05, 0) is 42.0 Å². The smallest absolute Gasteiger partial charge is 0.309 e. The molecular formula is C23H27FN4O5. The van der Waals surface area contributed by atoms with Crippen molar-refractivity contribution in [3.63, 3.8) is 0 Å². The summed E-state index contributed by atoms with van der Waals surface area (Å²) < 4.78 is 24.2. The van der Waals surface area contributed by atoms with E-state index in [-0.39, 0.29) is 38.3 Å². The van der Waals surface area contributed by atoms with Gasteiger partial charge in [0.25, 0.3) is 0 Å². The average molecular weight is 458 g/mol. The van der Waals surface area contributed by atoms with E-state index in [0.29, 0.717) is 24.6 Å². The van der Waals surface area contributed by atoms with Crippen molar-refractivity contribution < 1.29 is 28.6 Å². The van der Waals surface area contributed by atoms with E-state index >= 15 is 0 Å². The Kier molecular flexibility index (Phi) is 7.26. The van der Waals surface area contributed by atoms with Gasteiger partial charge in [-0.15, -0.1) is 0 Å². The number of aliphatic hydroxyl groups is 1. The monoisotopic (exact) mass is 458 g/mol. The molecule has 2 aliphatic rings. The lowest BCUT2D eigenvalue weighted by Gasteiger charge is -2.40. The summed E-state index contributed by atoms with van der Waals surface area (Å²) >= 11 is 0. The van der Waals surface area contributed by atoms with E-state index in [4.69, 9.17) is 14.6 Å². The second kappa shape index (κ2) is 10.5. The summed E-state index contributed by atoms with van der Waals surface area (Å²) in [6.07, 6.45) is 0. The summed E-state index contributed by atoms with van der Waals surface area (Å²) in [5.74, 6) is -0.478. The molecule has 3 N–H and O–H groups in total. The van der Waals surface area contributed by atoms with Crippen LogP contribution in [0.2, 0.25) is 0 Å². The highest BCUT2D eigenvalue weighted by Crippen LogP contribution is 2.35. The average Bonchev–Trinajstić information content (AvgIpc) is 3.31. The number of amides is 2. The Morgan fingerprint density at radius 2 is 1.67 bits per heavy atom. The van der Waals surface area contributed by atoms with E-state index in [1.807, 2.05) is 18.2 Å². The Balaban J connectivity index is 1.45. The number of rotatable bonds is 7. The molecule has 1 saturated heterocycles. The summed E-state index contributed by atoms with van der Waals surface area (Å²) in [7, 11) is 0. The van der Waals surface area contributed by atoms with Crippen molar-refractivity contribution in [2.24, 2.45) is 0 Å². The molecule has 10 heteroatoms. The minimum Gasteiger partial charge on any atom is -0.454 e. The fourth-order valence-electron chi connectivity index (χ4n) is 4.04. The first-order valence-electron chi connectivity index (χ1n) is 10.9. The van der Waals surface area contributed by atoms with Gasteiger partial charge < -0.3 is 30.1 Å². The van der Waals surface area contributed by atoms with Crippen LogP contribution in [0.15, 0.2) is 42.5 Å². The molecule has 2 aromatic carbocycles. The number of nitrogens with one attached hydrogen (secondary N) is 2. The van der Waals surface area contributed by atoms with E-state index in [1.165, 1.54) is 12.1 Å². The van der Waals surface area contributed by atoms with Gasteiger partial charge in [0.1, 0.15) is 5.82 Å². The highest BCUT2D eigenvalue weighted by molar-refractivity contribution is 6.35. The van der Waals surface area contributed by atoms with E-state index < -0.39 is 11.8 Å². The van der Waals surface area contributed by atoms with Crippen molar-refractivity contribution in [1.29, 1.82) is 0 Å². The molecule has 0 unspecified atom stereocenters. The molecule has 0 aliphatic carbocycles. The molecule has 176 valence electrons. The molecule has 1 fully saturated rings. The summed E-state index contributed by atoms with van der Waals surface area (Å²) in [5, 5.41) is 13.9. The third kappa shape index (κ3) is 5.52. The van der Waals surface area contributed by atoms with Gasteiger partial charge in [-0.25, -0.2) is 4.39 Å². The zero-order valence-corrected chi connectivity index (χ0v) is 18.1. The Morgan fingerprint density at radius 1 is 0.970 bits per heavy atom. The standard InChI is InChI=1S/C23H27FN4O5/c24-17-2-4-18(5-3-17)27-8-10-28(11-9-27)19(14-26-23(31)22(30)25-7-12-29)16-1-6-20-21(13-16)33-15-32-20/h1-6,13,19,29H,7-12,14-15H2,(H,25,30)(H,26,31)/t19-/m0/s1. The predicted molar refractivity (Wildman–Crippen MR) is 119 cm³/mol. The lowest BCUT2D eigenvalue weighted by atomic mass is 10.0. The molecule has 4 rings (SSSR count). The summed E-state index contributed by atoms with van der Waals surface area (Å²) in [6.45, 7) is 3.06. The number of carbonyl (C=O) groups is 2. The van der Waals surface area contributed by atoms with Crippen LogP contribution < -0.4 is 25.0 Å². The topological polar surface area (TPSA) is 103 Å². The van der Waals surface area contributed by atoms with Gasteiger partial charge in [0.15, 0.2) is 11.5 Å². The van der Waals surface area contributed by atoms with E-state index in [0.717, 1.165) is 24.3 Å². The van der Waals surface area contributed by atoms with Crippen molar-refractivity contribution in [1.82, 2.24) is 15.5 Å². The van der Waals surface area contributed by atoms with Crippen molar-refractivity contribution in [2.45, 2.75) is 6.04 Å². The van der Waals surface area contributed by atoms with Crippen LogP contribution in [0.3, 0.4) is 0 Å². The van der Waals surface area contributed by atoms with Crippen LogP contribution in [-0.4, -0.2) is 74.5 Å². The summed E-state index contributed by atoms with van der Waals surface area (Å²) in [6, 6.07) is 11.9. The van der Waals surface area contributed by atoms with Gasteiger partial charge in [0.05, 0.1) is 12.6 Å². The molecule has 2 amide bonds. The summed E-state index contributed by atoms with van der Waals surface area (Å²) in [5.41, 5.74) is 1.90. The van der Waals surface area contributed by atoms with Crippen LogP contribution >= 0.6 is 0 Å². The van der Waals surface area contributed by atoms with E-state index in [1.54, 1.807) is 12.1 Å². The molecule has 9 nitrogen and oxygen atoms in total. The van der Waals surface area contributed by atoms with Gasteiger partial charge in [0, 0.05) is 45.0 Å². The van der Waals surface area contributed by atoms with Crippen LogP contribution in [0, 0.1) is 5.82 Å². The second-order valence-corrected chi connectivity index (χ2v) is 7.82. The highest BCUT2D eigenvalue weighted by atomic mass is 19.1. The first kappa shape index (κ1) is 22.8. The molecule has 0 aromatic heterocycles. The predicted octanol–water partition coefficient (Wildman–Crippen LogP) is 0.642.